The number of halogens is 2. The van der Waals surface area contributed by atoms with Crippen LogP contribution in [0.2, 0.25) is 8.67 Å². The predicted molar refractivity (Wildman–Crippen MR) is 82.4 cm³/mol. The van der Waals surface area contributed by atoms with Crippen LogP contribution in [0.4, 0.5) is 0 Å². The Bertz CT molecular complexity index is 536. The number of nitrogens with one attached hydrogen (secondary N) is 1. The molecule has 1 N–H and O–H groups in total. The zero-order chi connectivity index (χ0) is 13.8. The molecule has 0 fully saturated rings. The van der Waals surface area contributed by atoms with E-state index in [2.05, 4.69) is 30.5 Å². The van der Waals surface area contributed by atoms with Crippen molar-refractivity contribution in [3.05, 3.63) is 38.3 Å². The summed E-state index contributed by atoms with van der Waals surface area (Å²) in [6.07, 6.45) is 5.03. The van der Waals surface area contributed by atoms with Crippen LogP contribution >= 0.6 is 34.5 Å². The third-order valence-corrected chi connectivity index (χ3v) is 4.36. The molecule has 0 aromatic carbocycles. The first kappa shape index (κ1) is 14.9. The summed E-state index contributed by atoms with van der Waals surface area (Å²) in [5, 5.41) is 7.81. The van der Waals surface area contributed by atoms with Crippen molar-refractivity contribution in [1.29, 1.82) is 0 Å². The highest BCUT2D eigenvalue weighted by Crippen LogP contribution is 2.37. The molecule has 2 aromatic rings. The zero-order valence-electron chi connectivity index (χ0n) is 11.0. The van der Waals surface area contributed by atoms with Crippen LogP contribution in [0, 0.1) is 0 Å². The van der Waals surface area contributed by atoms with E-state index in [9.17, 15) is 0 Å². The van der Waals surface area contributed by atoms with Crippen molar-refractivity contribution in [3.8, 4) is 0 Å². The minimum atomic E-state index is 0.0480. The van der Waals surface area contributed by atoms with Crippen LogP contribution in [0.1, 0.15) is 37.4 Å². The number of rotatable bonds is 6. The standard InChI is InChI=1S/C13H17Cl2N3S/c1-3-5-18-8-9(7-17-18)12(16-4-2)10-6-11(14)19-13(10)15/h6-8,12,16H,3-5H2,1-2H3. The van der Waals surface area contributed by atoms with Crippen LogP contribution < -0.4 is 5.32 Å². The second kappa shape index (κ2) is 6.75. The number of hydrogen-bond donors (Lipinski definition) is 1. The van der Waals surface area contributed by atoms with Crippen molar-refractivity contribution in [2.24, 2.45) is 0 Å². The molecule has 0 spiro atoms. The Morgan fingerprint density at radius 3 is 2.79 bits per heavy atom. The number of thiophene rings is 1. The smallest absolute Gasteiger partial charge is 0.0995 e. The maximum atomic E-state index is 6.26. The quantitative estimate of drug-likeness (QED) is 0.857. The fourth-order valence-electron chi connectivity index (χ4n) is 2.04. The molecular formula is C13H17Cl2N3S. The second-order valence-corrected chi connectivity index (χ2v) is 6.59. The molecule has 0 aliphatic heterocycles. The molecule has 0 radical (unpaired) electrons. The molecular weight excluding hydrogens is 301 g/mol. The molecule has 0 aliphatic rings. The van der Waals surface area contributed by atoms with E-state index in [1.165, 1.54) is 11.3 Å². The van der Waals surface area contributed by atoms with Gasteiger partial charge in [-0.1, -0.05) is 37.0 Å². The van der Waals surface area contributed by atoms with Crippen molar-refractivity contribution >= 4 is 34.5 Å². The number of hydrogen-bond acceptors (Lipinski definition) is 3. The van der Waals surface area contributed by atoms with Gasteiger partial charge in [0.25, 0.3) is 0 Å². The summed E-state index contributed by atoms with van der Waals surface area (Å²) < 4.78 is 3.41. The van der Waals surface area contributed by atoms with Crippen molar-refractivity contribution in [3.63, 3.8) is 0 Å². The first-order valence-corrected chi connectivity index (χ1v) is 7.93. The van der Waals surface area contributed by atoms with E-state index in [1.54, 1.807) is 0 Å². The van der Waals surface area contributed by atoms with Gasteiger partial charge in [-0.15, -0.1) is 11.3 Å². The molecule has 1 atom stereocenters. The van der Waals surface area contributed by atoms with Crippen molar-refractivity contribution in [2.75, 3.05) is 6.54 Å². The number of nitrogens with zero attached hydrogens (tertiary/aromatic N) is 2. The van der Waals surface area contributed by atoms with Gasteiger partial charge >= 0.3 is 0 Å². The Balaban J connectivity index is 2.30. The van der Waals surface area contributed by atoms with Crippen LogP contribution in [0.3, 0.4) is 0 Å². The third-order valence-electron chi connectivity index (χ3n) is 2.84. The largest absolute Gasteiger partial charge is 0.306 e. The van der Waals surface area contributed by atoms with Crippen LogP contribution in [0.15, 0.2) is 18.5 Å². The average Bonchev–Trinajstić information content (AvgIpc) is 2.94. The lowest BCUT2D eigenvalue weighted by molar-refractivity contribution is 0.597. The van der Waals surface area contributed by atoms with E-state index in [0.717, 1.165) is 35.0 Å². The Kier molecular flexibility index (Phi) is 5.28. The van der Waals surface area contributed by atoms with Gasteiger partial charge in [-0.05, 0) is 19.0 Å². The van der Waals surface area contributed by atoms with Gasteiger partial charge in [0.05, 0.1) is 20.9 Å². The second-order valence-electron chi connectivity index (χ2n) is 4.31. The maximum Gasteiger partial charge on any atom is 0.0995 e. The molecule has 2 heterocycles. The molecule has 2 aromatic heterocycles. The summed E-state index contributed by atoms with van der Waals surface area (Å²) in [6, 6.07) is 1.98. The van der Waals surface area contributed by atoms with Gasteiger partial charge in [-0.3, -0.25) is 4.68 Å². The van der Waals surface area contributed by atoms with Crippen LogP contribution in [0.25, 0.3) is 0 Å². The number of aryl methyl sites for hydroxylation is 1. The average molecular weight is 318 g/mol. The topological polar surface area (TPSA) is 29.9 Å². The Labute approximate surface area is 127 Å². The van der Waals surface area contributed by atoms with E-state index in [4.69, 9.17) is 23.2 Å². The fraction of sp³-hybridized carbons (Fsp3) is 0.462. The Morgan fingerprint density at radius 2 is 2.21 bits per heavy atom. The summed E-state index contributed by atoms with van der Waals surface area (Å²) in [5.41, 5.74) is 2.14. The molecule has 0 bridgehead atoms. The van der Waals surface area contributed by atoms with Gasteiger partial charge in [0.1, 0.15) is 0 Å². The molecule has 19 heavy (non-hydrogen) atoms. The molecule has 2 rings (SSSR count). The third kappa shape index (κ3) is 3.51. The first-order valence-electron chi connectivity index (χ1n) is 6.36. The molecule has 0 aliphatic carbocycles. The highest BCUT2D eigenvalue weighted by Gasteiger charge is 2.20. The van der Waals surface area contributed by atoms with Gasteiger partial charge in [0.2, 0.25) is 0 Å². The van der Waals surface area contributed by atoms with Gasteiger partial charge < -0.3 is 5.32 Å². The lowest BCUT2D eigenvalue weighted by atomic mass is 10.1. The van der Waals surface area contributed by atoms with E-state index in [0.29, 0.717) is 4.34 Å². The fourth-order valence-corrected chi connectivity index (χ4v) is 3.57. The molecule has 6 heteroatoms. The van der Waals surface area contributed by atoms with E-state index < -0.39 is 0 Å². The van der Waals surface area contributed by atoms with Gasteiger partial charge in [0, 0.05) is 23.9 Å². The van der Waals surface area contributed by atoms with E-state index in [-0.39, 0.29) is 6.04 Å². The van der Waals surface area contributed by atoms with Gasteiger partial charge in [-0.2, -0.15) is 5.10 Å². The minimum absolute atomic E-state index is 0.0480. The van der Waals surface area contributed by atoms with Crippen LogP contribution in [-0.4, -0.2) is 16.3 Å². The van der Waals surface area contributed by atoms with Crippen LogP contribution in [0.5, 0.6) is 0 Å². The normalized spacial score (nSPS) is 12.8. The molecule has 0 amide bonds. The molecule has 1 unspecified atom stereocenters. The number of aromatic nitrogens is 2. The van der Waals surface area contributed by atoms with Crippen molar-refractivity contribution in [1.82, 2.24) is 15.1 Å². The summed E-state index contributed by atoms with van der Waals surface area (Å²) >= 11 is 13.7. The Morgan fingerprint density at radius 1 is 1.42 bits per heavy atom. The highest BCUT2D eigenvalue weighted by molar-refractivity contribution is 7.20. The van der Waals surface area contributed by atoms with Gasteiger partial charge in [-0.25, -0.2) is 0 Å². The molecule has 0 saturated heterocycles. The van der Waals surface area contributed by atoms with Gasteiger partial charge in [0.15, 0.2) is 0 Å². The maximum absolute atomic E-state index is 6.26. The lowest BCUT2D eigenvalue weighted by Gasteiger charge is -2.15. The summed E-state index contributed by atoms with van der Waals surface area (Å²) in [7, 11) is 0. The van der Waals surface area contributed by atoms with E-state index in [1.807, 2.05) is 16.9 Å². The zero-order valence-corrected chi connectivity index (χ0v) is 13.3. The van der Waals surface area contributed by atoms with Crippen molar-refractivity contribution in [2.45, 2.75) is 32.9 Å². The molecule has 0 saturated carbocycles. The molecule has 3 nitrogen and oxygen atoms in total. The lowest BCUT2D eigenvalue weighted by Crippen LogP contribution is -2.21. The first-order chi connectivity index (χ1) is 9.15. The van der Waals surface area contributed by atoms with Crippen LogP contribution in [-0.2, 0) is 6.54 Å². The monoisotopic (exact) mass is 317 g/mol. The highest BCUT2D eigenvalue weighted by atomic mass is 35.5. The SMILES string of the molecule is CCCn1cc(C(NCC)c2cc(Cl)sc2Cl)cn1. The minimum Gasteiger partial charge on any atom is -0.306 e. The van der Waals surface area contributed by atoms with E-state index >= 15 is 0 Å². The molecule has 104 valence electrons. The summed E-state index contributed by atoms with van der Waals surface area (Å²) in [5.74, 6) is 0. The Hall–Kier alpha value is -0.550. The summed E-state index contributed by atoms with van der Waals surface area (Å²) in [4.78, 5) is 0. The predicted octanol–water partition coefficient (Wildman–Crippen LogP) is 4.36. The van der Waals surface area contributed by atoms with Crippen molar-refractivity contribution < 1.29 is 0 Å². The summed E-state index contributed by atoms with van der Waals surface area (Å²) in [6.45, 7) is 5.99.